The molecule has 0 unspecified atom stereocenters. The number of anilines is 1. The number of hydrogen-bond donors (Lipinski definition) is 1. The quantitative estimate of drug-likeness (QED) is 0.891. The van der Waals surface area contributed by atoms with Crippen LogP contribution in [0, 0.1) is 6.92 Å². The van der Waals surface area contributed by atoms with E-state index in [4.69, 9.17) is 9.47 Å². The minimum atomic E-state index is -0.504. The maximum absolute atomic E-state index is 12.0. The van der Waals surface area contributed by atoms with E-state index in [0.29, 0.717) is 12.4 Å². The Labute approximate surface area is 119 Å². The highest BCUT2D eigenvalue weighted by Gasteiger charge is 2.19. The maximum atomic E-state index is 12.0. The molecule has 6 heteroatoms. The second kappa shape index (κ2) is 6.85. The Morgan fingerprint density at radius 2 is 2.45 bits per heavy atom. The fraction of sp³-hybridized carbons (Fsp3) is 0.714. The van der Waals surface area contributed by atoms with E-state index in [1.54, 1.807) is 18.7 Å². The first-order chi connectivity index (χ1) is 9.56. The lowest BCUT2D eigenvalue weighted by atomic mass is 10.1. The Hall–Kier alpha value is -1.40. The van der Waals surface area contributed by atoms with Crippen LogP contribution in [-0.2, 0) is 21.3 Å². The summed E-state index contributed by atoms with van der Waals surface area (Å²) in [4.78, 5) is 12.0. The highest BCUT2D eigenvalue weighted by atomic mass is 16.5. The van der Waals surface area contributed by atoms with Gasteiger partial charge in [0.15, 0.2) is 0 Å². The summed E-state index contributed by atoms with van der Waals surface area (Å²) < 4.78 is 12.8. The van der Waals surface area contributed by atoms with Crippen LogP contribution in [0.1, 0.15) is 31.9 Å². The van der Waals surface area contributed by atoms with E-state index in [9.17, 15) is 4.79 Å². The minimum absolute atomic E-state index is 0.123. The first kappa shape index (κ1) is 15.0. The molecule has 2 rings (SSSR count). The third kappa shape index (κ3) is 4.05. The highest BCUT2D eigenvalue weighted by Crippen LogP contribution is 2.14. The number of nitrogens with zero attached hydrogens (tertiary/aromatic N) is 2. The van der Waals surface area contributed by atoms with Gasteiger partial charge in [-0.3, -0.25) is 9.48 Å². The van der Waals surface area contributed by atoms with Gasteiger partial charge in [0.2, 0.25) is 0 Å². The molecule has 1 aliphatic rings. The van der Waals surface area contributed by atoms with Crippen LogP contribution in [0.2, 0.25) is 0 Å². The van der Waals surface area contributed by atoms with E-state index < -0.39 is 6.10 Å². The van der Waals surface area contributed by atoms with Gasteiger partial charge in [-0.25, -0.2) is 0 Å². The van der Waals surface area contributed by atoms with Gasteiger partial charge in [-0.2, -0.15) is 5.10 Å². The molecule has 0 aromatic carbocycles. The van der Waals surface area contributed by atoms with E-state index in [-0.39, 0.29) is 12.0 Å². The second-order valence-electron chi connectivity index (χ2n) is 5.25. The molecule has 0 bridgehead atoms. The monoisotopic (exact) mass is 281 g/mol. The topological polar surface area (TPSA) is 65.4 Å². The predicted octanol–water partition coefficient (Wildman–Crippen LogP) is 1.64. The lowest BCUT2D eigenvalue weighted by Crippen LogP contribution is -2.33. The molecular formula is C14H23N3O3. The lowest BCUT2D eigenvalue weighted by molar-refractivity contribution is -0.130. The van der Waals surface area contributed by atoms with Crippen molar-refractivity contribution in [1.29, 1.82) is 0 Å². The maximum Gasteiger partial charge on any atom is 0.254 e. The molecule has 0 aliphatic carbocycles. The molecule has 112 valence electrons. The van der Waals surface area contributed by atoms with Crippen molar-refractivity contribution in [3.05, 3.63) is 11.8 Å². The normalized spacial score (nSPS) is 20.6. The summed E-state index contributed by atoms with van der Waals surface area (Å²) in [7, 11) is 1.80. The smallest absolute Gasteiger partial charge is 0.254 e. The largest absolute Gasteiger partial charge is 0.376 e. The fourth-order valence-electron chi connectivity index (χ4n) is 2.22. The van der Waals surface area contributed by atoms with Gasteiger partial charge in [-0.15, -0.1) is 0 Å². The molecule has 2 heterocycles. The molecule has 1 fully saturated rings. The Kier molecular flexibility index (Phi) is 5.14. The van der Waals surface area contributed by atoms with E-state index >= 15 is 0 Å². The summed E-state index contributed by atoms with van der Waals surface area (Å²) in [5, 5.41) is 7.00. The van der Waals surface area contributed by atoms with Gasteiger partial charge in [0.1, 0.15) is 11.9 Å². The van der Waals surface area contributed by atoms with Crippen molar-refractivity contribution in [1.82, 2.24) is 9.78 Å². The SMILES string of the molecule is Cc1cc(NC(=O)[C@@H](C)OC[C@H]2CCCCO2)n(C)n1. The van der Waals surface area contributed by atoms with Crippen molar-refractivity contribution < 1.29 is 14.3 Å². The summed E-state index contributed by atoms with van der Waals surface area (Å²) in [6.07, 6.45) is 2.92. The predicted molar refractivity (Wildman–Crippen MR) is 75.6 cm³/mol. The van der Waals surface area contributed by atoms with Gasteiger partial charge in [0.25, 0.3) is 5.91 Å². The van der Waals surface area contributed by atoms with Crippen molar-refractivity contribution in [2.75, 3.05) is 18.5 Å². The molecule has 0 radical (unpaired) electrons. The van der Waals surface area contributed by atoms with E-state index in [1.165, 1.54) is 6.42 Å². The molecule has 1 aliphatic heterocycles. The second-order valence-corrected chi connectivity index (χ2v) is 5.25. The molecule has 1 N–H and O–H groups in total. The van der Waals surface area contributed by atoms with Gasteiger partial charge in [-0.1, -0.05) is 0 Å². The van der Waals surface area contributed by atoms with E-state index in [0.717, 1.165) is 25.1 Å². The van der Waals surface area contributed by atoms with E-state index in [2.05, 4.69) is 10.4 Å². The summed E-state index contributed by atoms with van der Waals surface area (Å²) in [5.74, 6) is 0.515. The summed E-state index contributed by atoms with van der Waals surface area (Å²) in [6, 6.07) is 1.83. The van der Waals surface area contributed by atoms with Crippen LogP contribution in [0.25, 0.3) is 0 Å². The highest BCUT2D eigenvalue weighted by molar-refractivity contribution is 5.93. The molecule has 1 amide bonds. The average molecular weight is 281 g/mol. The zero-order valence-electron chi connectivity index (χ0n) is 12.4. The van der Waals surface area contributed by atoms with Crippen LogP contribution < -0.4 is 5.32 Å². The van der Waals surface area contributed by atoms with Crippen molar-refractivity contribution in [2.45, 2.75) is 45.3 Å². The summed E-state index contributed by atoms with van der Waals surface area (Å²) in [6.45, 7) is 4.90. The first-order valence-electron chi connectivity index (χ1n) is 7.11. The molecule has 1 aromatic heterocycles. The third-order valence-corrected chi connectivity index (χ3v) is 3.43. The molecular weight excluding hydrogens is 258 g/mol. The molecule has 0 saturated carbocycles. The summed E-state index contributed by atoms with van der Waals surface area (Å²) >= 11 is 0. The Balaban J connectivity index is 1.78. The molecule has 2 atom stereocenters. The summed E-state index contributed by atoms with van der Waals surface area (Å²) in [5.41, 5.74) is 0.868. The minimum Gasteiger partial charge on any atom is -0.376 e. The number of rotatable bonds is 5. The average Bonchev–Trinajstić information content (AvgIpc) is 2.75. The molecule has 6 nitrogen and oxygen atoms in total. The van der Waals surface area contributed by atoms with Crippen LogP contribution in [0.5, 0.6) is 0 Å². The number of aromatic nitrogens is 2. The molecule has 20 heavy (non-hydrogen) atoms. The number of aryl methyl sites for hydroxylation is 2. The zero-order chi connectivity index (χ0) is 14.5. The van der Waals surface area contributed by atoms with Crippen LogP contribution in [-0.4, -0.2) is 41.1 Å². The first-order valence-corrected chi connectivity index (χ1v) is 7.11. The van der Waals surface area contributed by atoms with E-state index in [1.807, 2.05) is 13.0 Å². The Bertz CT molecular complexity index is 453. The number of ether oxygens (including phenoxy) is 2. The number of carbonyl (C=O) groups is 1. The van der Waals surface area contributed by atoms with Gasteiger partial charge in [0.05, 0.1) is 18.4 Å². The van der Waals surface area contributed by atoms with Gasteiger partial charge < -0.3 is 14.8 Å². The third-order valence-electron chi connectivity index (χ3n) is 3.43. The molecule has 1 aromatic rings. The number of nitrogens with one attached hydrogen (secondary N) is 1. The number of carbonyl (C=O) groups excluding carboxylic acids is 1. The van der Waals surface area contributed by atoms with Gasteiger partial charge >= 0.3 is 0 Å². The van der Waals surface area contributed by atoms with Gasteiger partial charge in [-0.05, 0) is 33.1 Å². The zero-order valence-corrected chi connectivity index (χ0v) is 12.4. The van der Waals surface area contributed by atoms with Crippen LogP contribution in [0.15, 0.2) is 6.07 Å². The Morgan fingerprint density at radius 1 is 1.65 bits per heavy atom. The van der Waals surface area contributed by atoms with Crippen LogP contribution >= 0.6 is 0 Å². The molecule has 1 saturated heterocycles. The van der Waals surface area contributed by atoms with Crippen molar-refractivity contribution in [2.24, 2.45) is 7.05 Å². The lowest BCUT2D eigenvalue weighted by Gasteiger charge is -2.23. The standard InChI is InChI=1S/C14H23N3O3/c1-10-8-13(17(3)16-10)15-14(18)11(2)20-9-12-6-4-5-7-19-12/h8,11-12H,4-7,9H2,1-3H3,(H,15,18)/t11-,12-/m1/s1. The van der Waals surface area contributed by atoms with Crippen LogP contribution in [0.3, 0.4) is 0 Å². The fourth-order valence-corrected chi connectivity index (χ4v) is 2.22. The Morgan fingerprint density at radius 3 is 3.05 bits per heavy atom. The number of hydrogen-bond acceptors (Lipinski definition) is 4. The van der Waals surface area contributed by atoms with Gasteiger partial charge in [0, 0.05) is 19.7 Å². The van der Waals surface area contributed by atoms with Crippen LogP contribution in [0.4, 0.5) is 5.82 Å². The van der Waals surface area contributed by atoms with Crippen molar-refractivity contribution in [3.63, 3.8) is 0 Å². The number of amides is 1. The van der Waals surface area contributed by atoms with Crippen molar-refractivity contribution in [3.8, 4) is 0 Å². The molecule has 0 spiro atoms. The van der Waals surface area contributed by atoms with Crippen molar-refractivity contribution >= 4 is 11.7 Å².